The first-order chi connectivity index (χ1) is 7.15. The van der Waals surface area contributed by atoms with E-state index in [4.69, 9.17) is 10.3 Å². The maximum absolute atomic E-state index is 11.4. The monoisotopic (exact) mass is 210 g/mol. The Bertz CT molecular complexity index is 313. The normalized spacial score (nSPS) is 16.6. The van der Waals surface area contributed by atoms with Crippen LogP contribution in [0.2, 0.25) is 0 Å². The summed E-state index contributed by atoms with van der Waals surface area (Å²) in [6.07, 6.45) is 4.72. The fourth-order valence-electron chi connectivity index (χ4n) is 1.65. The van der Waals surface area contributed by atoms with Crippen molar-refractivity contribution >= 4 is 17.5 Å². The number of carbonyl (C=O) groups excluding carboxylic acids is 2. The second-order valence-electron chi connectivity index (χ2n) is 3.67. The molecule has 1 fully saturated rings. The number of hydrogen-bond donors (Lipinski definition) is 0. The maximum atomic E-state index is 11.4. The van der Waals surface area contributed by atoms with E-state index in [1.165, 1.54) is 0 Å². The van der Waals surface area contributed by atoms with Gasteiger partial charge in [-0.05, 0) is 25.7 Å². The summed E-state index contributed by atoms with van der Waals surface area (Å²) in [5.41, 5.74) is 7.94. The van der Waals surface area contributed by atoms with E-state index in [1.54, 1.807) is 0 Å². The molecule has 0 heterocycles. The zero-order valence-corrected chi connectivity index (χ0v) is 8.73. The Morgan fingerprint density at radius 2 is 1.87 bits per heavy atom. The predicted octanol–water partition coefficient (Wildman–Crippen LogP) is 1.12. The summed E-state index contributed by atoms with van der Waals surface area (Å²) in [7, 11) is 0. The van der Waals surface area contributed by atoms with Gasteiger partial charge in [0.2, 0.25) is 5.78 Å². The van der Waals surface area contributed by atoms with Gasteiger partial charge in [-0.25, -0.2) is 4.79 Å². The van der Waals surface area contributed by atoms with Crippen LogP contribution < -0.4 is 0 Å². The van der Waals surface area contributed by atoms with Crippen molar-refractivity contribution in [2.75, 3.05) is 0 Å². The zero-order valence-electron chi connectivity index (χ0n) is 8.73. The van der Waals surface area contributed by atoms with Crippen LogP contribution in [0.25, 0.3) is 5.53 Å². The van der Waals surface area contributed by atoms with Gasteiger partial charge in [0.05, 0.1) is 0 Å². The van der Waals surface area contributed by atoms with Gasteiger partial charge in [0.25, 0.3) is 0 Å². The van der Waals surface area contributed by atoms with E-state index in [1.807, 2.05) is 0 Å². The van der Waals surface area contributed by atoms with Crippen LogP contribution in [0.4, 0.5) is 0 Å². The van der Waals surface area contributed by atoms with Crippen LogP contribution in [0, 0.1) is 0 Å². The lowest BCUT2D eigenvalue weighted by molar-refractivity contribution is -0.148. The van der Waals surface area contributed by atoms with E-state index in [9.17, 15) is 9.59 Å². The fraction of sp³-hybridized carbons (Fsp3) is 0.700. The molecule has 1 saturated carbocycles. The molecular weight excluding hydrogens is 196 g/mol. The van der Waals surface area contributed by atoms with Crippen LogP contribution in [-0.2, 0) is 14.3 Å². The predicted molar refractivity (Wildman–Crippen MR) is 52.3 cm³/mol. The Morgan fingerprint density at radius 3 is 2.33 bits per heavy atom. The number of esters is 1. The van der Waals surface area contributed by atoms with Crippen LogP contribution in [0.15, 0.2) is 0 Å². The first-order valence-electron chi connectivity index (χ1n) is 5.09. The van der Waals surface area contributed by atoms with Gasteiger partial charge in [-0.3, -0.25) is 4.79 Å². The maximum Gasteiger partial charge on any atom is 0.441 e. The highest BCUT2D eigenvalue weighted by Gasteiger charge is 2.30. The molecule has 1 aliphatic rings. The lowest BCUT2D eigenvalue weighted by Gasteiger charge is -2.20. The third-order valence-corrected chi connectivity index (χ3v) is 2.45. The van der Waals surface area contributed by atoms with Gasteiger partial charge in [-0.2, -0.15) is 4.79 Å². The van der Waals surface area contributed by atoms with Crippen LogP contribution >= 0.6 is 0 Å². The van der Waals surface area contributed by atoms with E-state index < -0.39 is 17.5 Å². The minimum atomic E-state index is -0.822. The van der Waals surface area contributed by atoms with Gasteiger partial charge in [-0.15, -0.1) is 0 Å². The highest BCUT2D eigenvalue weighted by atomic mass is 16.5. The smallest absolute Gasteiger partial charge is 0.441 e. The lowest BCUT2D eigenvalue weighted by Crippen LogP contribution is -2.30. The number of hydrogen-bond acceptors (Lipinski definition) is 3. The molecule has 0 unspecified atom stereocenters. The summed E-state index contributed by atoms with van der Waals surface area (Å²) in [5, 5.41) is 0. The number of ketones is 1. The topological polar surface area (TPSA) is 79.8 Å². The molecule has 1 aliphatic carbocycles. The van der Waals surface area contributed by atoms with Crippen molar-refractivity contribution in [2.24, 2.45) is 0 Å². The van der Waals surface area contributed by atoms with Crippen molar-refractivity contribution in [3.05, 3.63) is 5.53 Å². The Balaban J connectivity index is 2.53. The zero-order chi connectivity index (χ0) is 11.3. The Kier molecular flexibility index (Phi) is 4.18. The molecule has 15 heavy (non-hydrogen) atoms. The molecule has 5 heteroatoms. The van der Waals surface area contributed by atoms with Crippen molar-refractivity contribution in [3.63, 3.8) is 0 Å². The summed E-state index contributed by atoms with van der Waals surface area (Å²) in [6, 6.07) is 0. The molecule has 0 aromatic rings. The van der Waals surface area contributed by atoms with Gasteiger partial charge in [0, 0.05) is 6.92 Å². The molecule has 0 aromatic carbocycles. The van der Waals surface area contributed by atoms with Gasteiger partial charge in [0.15, 0.2) is 0 Å². The third-order valence-electron chi connectivity index (χ3n) is 2.45. The summed E-state index contributed by atoms with van der Waals surface area (Å²) in [5.74, 6) is -1.41. The SMILES string of the molecule is CC(=O)C(=[N+]=[N-])C(=O)OC1CCCCC1. The number of rotatable bonds is 3. The van der Waals surface area contributed by atoms with Crippen molar-refractivity contribution < 1.29 is 19.1 Å². The number of Topliss-reactive ketones (excluding diaryl/α,β-unsaturated/α-hetero) is 1. The highest BCUT2D eigenvalue weighted by molar-refractivity contribution is 6.61. The Hall–Kier alpha value is -1.48. The average Bonchev–Trinajstić information content (AvgIpc) is 2.19. The summed E-state index contributed by atoms with van der Waals surface area (Å²) < 4.78 is 5.06. The van der Waals surface area contributed by atoms with Gasteiger partial charge >= 0.3 is 11.7 Å². The van der Waals surface area contributed by atoms with E-state index in [0.29, 0.717) is 0 Å². The fourth-order valence-corrected chi connectivity index (χ4v) is 1.65. The van der Waals surface area contributed by atoms with Crippen molar-refractivity contribution in [3.8, 4) is 0 Å². The quantitative estimate of drug-likeness (QED) is 0.230. The summed E-state index contributed by atoms with van der Waals surface area (Å²) in [4.78, 5) is 24.9. The van der Waals surface area contributed by atoms with Crippen molar-refractivity contribution in [2.45, 2.75) is 45.1 Å². The summed E-state index contributed by atoms with van der Waals surface area (Å²) >= 11 is 0. The van der Waals surface area contributed by atoms with E-state index in [2.05, 4.69) is 4.79 Å². The van der Waals surface area contributed by atoms with E-state index in [0.717, 1.165) is 39.0 Å². The van der Waals surface area contributed by atoms with Gasteiger partial charge < -0.3 is 10.3 Å². The molecular formula is C10H14N2O3. The Morgan fingerprint density at radius 1 is 1.27 bits per heavy atom. The lowest BCUT2D eigenvalue weighted by atomic mass is 9.98. The first kappa shape index (κ1) is 11.6. The van der Waals surface area contributed by atoms with Crippen LogP contribution in [0.3, 0.4) is 0 Å². The molecule has 5 nitrogen and oxygen atoms in total. The average molecular weight is 210 g/mol. The van der Waals surface area contributed by atoms with Gasteiger partial charge in [-0.1, -0.05) is 6.42 Å². The minimum Gasteiger partial charge on any atom is -0.453 e. The van der Waals surface area contributed by atoms with Crippen molar-refractivity contribution in [1.82, 2.24) is 0 Å². The van der Waals surface area contributed by atoms with Crippen LogP contribution in [0.1, 0.15) is 39.0 Å². The molecule has 0 aliphatic heterocycles. The van der Waals surface area contributed by atoms with Crippen LogP contribution in [0.5, 0.6) is 0 Å². The molecule has 0 amide bonds. The molecule has 82 valence electrons. The Labute approximate surface area is 88.0 Å². The molecule has 0 bridgehead atoms. The number of carbonyl (C=O) groups is 2. The third kappa shape index (κ3) is 3.29. The molecule has 0 N–H and O–H groups in total. The first-order valence-corrected chi connectivity index (χ1v) is 5.09. The standard InChI is InChI=1S/C10H14N2O3/c1-7(13)9(12-11)10(14)15-8-5-3-2-4-6-8/h8H,2-6H2,1H3. The van der Waals surface area contributed by atoms with E-state index in [-0.39, 0.29) is 6.10 Å². The largest absolute Gasteiger partial charge is 0.453 e. The highest BCUT2D eigenvalue weighted by Crippen LogP contribution is 2.20. The second-order valence-corrected chi connectivity index (χ2v) is 3.67. The second kappa shape index (κ2) is 5.41. The van der Waals surface area contributed by atoms with Crippen LogP contribution in [-0.4, -0.2) is 28.4 Å². The van der Waals surface area contributed by atoms with Gasteiger partial charge in [0.1, 0.15) is 6.10 Å². The van der Waals surface area contributed by atoms with Crippen molar-refractivity contribution in [1.29, 1.82) is 0 Å². The number of nitrogens with zero attached hydrogens (tertiary/aromatic N) is 2. The molecule has 1 rings (SSSR count). The van der Waals surface area contributed by atoms with E-state index >= 15 is 0 Å². The molecule has 0 radical (unpaired) electrons. The molecule has 0 saturated heterocycles. The minimum absolute atomic E-state index is 0.137. The summed E-state index contributed by atoms with van der Waals surface area (Å²) in [6.45, 7) is 1.16. The molecule has 0 aromatic heterocycles. The molecule has 0 atom stereocenters. The number of ether oxygens (including phenoxy) is 1. The molecule has 0 spiro atoms.